The van der Waals surface area contributed by atoms with Crippen molar-refractivity contribution >= 4 is 28.4 Å². The number of nitrogens with zero attached hydrogens (tertiary/aromatic N) is 9. The molecule has 4 aromatic rings. The minimum atomic E-state index is 0.739. The van der Waals surface area contributed by atoms with Gasteiger partial charge in [0.2, 0.25) is 0 Å². The van der Waals surface area contributed by atoms with Crippen LogP contribution in [0.2, 0.25) is 0 Å². The van der Waals surface area contributed by atoms with Crippen LogP contribution in [0.5, 0.6) is 0 Å². The molecule has 0 spiro atoms. The first-order chi connectivity index (χ1) is 13.1. The lowest BCUT2D eigenvalue weighted by molar-refractivity contribution is 0.635. The topological polar surface area (TPSA) is 80.3 Å². The molecular formula is C18H21N9. The van der Waals surface area contributed by atoms with E-state index >= 15 is 0 Å². The lowest BCUT2D eigenvalue weighted by Gasteiger charge is -2.36. The molecule has 0 aromatic carbocycles. The minimum absolute atomic E-state index is 0.739. The first kappa shape index (κ1) is 16.0. The van der Waals surface area contributed by atoms with E-state index in [9.17, 15) is 0 Å². The molecule has 0 N–H and O–H groups in total. The smallest absolute Gasteiger partial charge is 0.182 e. The predicted molar refractivity (Wildman–Crippen MR) is 103 cm³/mol. The van der Waals surface area contributed by atoms with Gasteiger partial charge in [0.15, 0.2) is 17.1 Å². The van der Waals surface area contributed by atoms with Gasteiger partial charge in [0.25, 0.3) is 0 Å². The van der Waals surface area contributed by atoms with Crippen molar-refractivity contribution in [2.45, 2.75) is 13.8 Å². The molecule has 4 aromatic heterocycles. The molecule has 1 aliphatic rings. The van der Waals surface area contributed by atoms with Gasteiger partial charge in [-0.05, 0) is 26.0 Å². The normalized spacial score (nSPS) is 15.2. The molecular weight excluding hydrogens is 342 g/mol. The molecule has 0 amide bonds. The largest absolute Gasteiger partial charge is 0.352 e. The monoisotopic (exact) mass is 363 g/mol. The summed E-state index contributed by atoms with van der Waals surface area (Å²) < 4.78 is 3.91. The summed E-state index contributed by atoms with van der Waals surface area (Å²) >= 11 is 0. The number of hydrogen-bond donors (Lipinski definition) is 0. The summed E-state index contributed by atoms with van der Waals surface area (Å²) in [5.74, 6) is 1.93. The fourth-order valence-electron chi connectivity index (χ4n) is 3.66. The van der Waals surface area contributed by atoms with Gasteiger partial charge in [-0.15, -0.1) is 5.10 Å². The molecule has 0 unspecified atom stereocenters. The van der Waals surface area contributed by atoms with Crippen LogP contribution < -0.4 is 9.80 Å². The van der Waals surface area contributed by atoms with Gasteiger partial charge in [-0.3, -0.25) is 0 Å². The number of aryl methyl sites for hydroxylation is 3. The SMILES string of the molecule is Cc1nc2ccc(N3CCN(c4ncnc5ncn(C)c45)CC3)nn2c1C. The second-order valence-corrected chi connectivity index (χ2v) is 6.94. The van der Waals surface area contributed by atoms with Gasteiger partial charge >= 0.3 is 0 Å². The van der Waals surface area contributed by atoms with E-state index < -0.39 is 0 Å². The third kappa shape index (κ3) is 2.49. The van der Waals surface area contributed by atoms with Crippen molar-refractivity contribution < 1.29 is 0 Å². The van der Waals surface area contributed by atoms with Gasteiger partial charge in [0.1, 0.15) is 17.7 Å². The Labute approximate surface area is 156 Å². The molecule has 1 fully saturated rings. The Balaban J connectivity index is 1.40. The molecule has 9 nitrogen and oxygen atoms in total. The van der Waals surface area contributed by atoms with Crippen LogP contribution in [0.1, 0.15) is 11.4 Å². The quantitative estimate of drug-likeness (QED) is 0.532. The van der Waals surface area contributed by atoms with Gasteiger partial charge in [-0.1, -0.05) is 0 Å². The second kappa shape index (κ2) is 5.90. The highest BCUT2D eigenvalue weighted by atomic mass is 15.4. The Kier molecular flexibility index (Phi) is 3.49. The number of aromatic nitrogens is 7. The molecule has 1 aliphatic heterocycles. The predicted octanol–water partition coefficient (Wildman–Crippen LogP) is 1.35. The van der Waals surface area contributed by atoms with Crippen molar-refractivity contribution in [1.82, 2.24) is 34.1 Å². The van der Waals surface area contributed by atoms with E-state index in [0.29, 0.717) is 0 Å². The number of anilines is 2. The van der Waals surface area contributed by atoms with Gasteiger partial charge < -0.3 is 14.4 Å². The van der Waals surface area contributed by atoms with E-state index in [0.717, 1.165) is 66.0 Å². The standard InChI is InChI=1S/C18H21N9/c1-12-13(2)27-14(22-12)4-5-15(23-27)25-6-8-26(9-7-25)18-16-17(19-10-20-18)21-11-24(16)3/h4-5,10-11H,6-9H2,1-3H3. The molecule has 0 bridgehead atoms. The highest BCUT2D eigenvalue weighted by Crippen LogP contribution is 2.24. The fourth-order valence-corrected chi connectivity index (χ4v) is 3.66. The fraction of sp³-hybridized carbons (Fsp3) is 0.389. The van der Waals surface area contributed by atoms with Gasteiger partial charge in [0, 0.05) is 33.2 Å². The molecule has 1 saturated heterocycles. The number of hydrogen-bond acceptors (Lipinski definition) is 7. The zero-order valence-electron chi connectivity index (χ0n) is 15.7. The Morgan fingerprint density at radius 3 is 2.52 bits per heavy atom. The summed E-state index contributed by atoms with van der Waals surface area (Å²) in [6.45, 7) is 7.59. The number of imidazole rings is 2. The number of rotatable bonds is 2. The van der Waals surface area contributed by atoms with Crippen LogP contribution in [0.3, 0.4) is 0 Å². The molecule has 138 valence electrons. The molecule has 0 radical (unpaired) electrons. The third-order valence-corrected chi connectivity index (χ3v) is 5.32. The molecule has 0 aliphatic carbocycles. The first-order valence-electron chi connectivity index (χ1n) is 9.07. The van der Waals surface area contributed by atoms with Gasteiger partial charge in [-0.2, -0.15) is 0 Å². The van der Waals surface area contributed by atoms with E-state index in [2.05, 4.69) is 42.7 Å². The lowest BCUT2D eigenvalue weighted by Crippen LogP contribution is -2.47. The van der Waals surface area contributed by atoms with Crippen molar-refractivity contribution in [1.29, 1.82) is 0 Å². The molecule has 0 saturated carbocycles. The summed E-state index contributed by atoms with van der Waals surface area (Å²) in [6.07, 6.45) is 3.38. The van der Waals surface area contributed by atoms with Gasteiger partial charge in [0.05, 0.1) is 17.7 Å². The Morgan fingerprint density at radius 1 is 0.926 bits per heavy atom. The second-order valence-electron chi connectivity index (χ2n) is 6.94. The average molecular weight is 363 g/mol. The van der Waals surface area contributed by atoms with Crippen molar-refractivity contribution in [2.24, 2.45) is 7.05 Å². The molecule has 27 heavy (non-hydrogen) atoms. The van der Waals surface area contributed by atoms with E-state index in [4.69, 9.17) is 5.10 Å². The van der Waals surface area contributed by atoms with E-state index in [1.54, 1.807) is 12.7 Å². The Morgan fingerprint density at radius 2 is 1.70 bits per heavy atom. The third-order valence-electron chi connectivity index (χ3n) is 5.32. The summed E-state index contributed by atoms with van der Waals surface area (Å²) in [5.41, 5.74) is 4.73. The summed E-state index contributed by atoms with van der Waals surface area (Å²) in [4.78, 5) is 22.3. The summed E-state index contributed by atoms with van der Waals surface area (Å²) in [5, 5.41) is 4.79. The van der Waals surface area contributed by atoms with Crippen LogP contribution in [-0.2, 0) is 7.05 Å². The maximum Gasteiger partial charge on any atom is 0.182 e. The van der Waals surface area contributed by atoms with Crippen LogP contribution in [0, 0.1) is 13.8 Å². The Bertz CT molecular complexity index is 1130. The number of piperazine rings is 1. The maximum absolute atomic E-state index is 4.79. The first-order valence-corrected chi connectivity index (χ1v) is 9.07. The van der Waals surface area contributed by atoms with Crippen LogP contribution in [0.25, 0.3) is 16.8 Å². The highest BCUT2D eigenvalue weighted by Gasteiger charge is 2.22. The molecule has 5 rings (SSSR count). The summed E-state index contributed by atoms with van der Waals surface area (Å²) in [7, 11) is 1.98. The van der Waals surface area contributed by atoms with Crippen molar-refractivity contribution in [2.75, 3.05) is 36.0 Å². The van der Waals surface area contributed by atoms with Crippen LogP contribution in [-0.4, -0.2) is 60.3 Å². The van der Waals surface area contributed by atoms with Crippen LogP contribution >= 0.6 is 0 Å². The maximum atomic E-state index is 4.79. The molecule has 9 heteroatoms. The lowest BCUT2D eigenvalue weighted by atomic mass is 10.3. The number of fused-ring (bicyclic) bond motifs is 2. The zero-order valence-corrected chi connectivity index (χ0v) is 15.7. The van der Waals surface area contributed by atoms with Crippen molar-refractivity contribution in [3.63, 3.8) is 0 Å². The van der Waals surface area contributed by atoms with E-state index in [1.165, 1.54) is 0 Å². The van der Waals surface area contributed by atoms with Crippen molar-refractivity contribution in [3.05, 3.63) is 36.2 Å². The van der Waals surface area contributed by atoms with Crippen LogP contribution in [0.15, 0.2) is 24.8 Å². The Hall–Kier alpha value is -3.23. The van der Waals surface area contributed by atoms with E-state index in [-0.39, 0.29) is 0 Å². The zero-order chi connectivity index (χ0) is 18.5. The molecule has 5 heterocycles. The summed E-state index contributed by atoms with van der Waals surface area (Å²) in [6, 6.07) is 4.10. The minimum Gasteiger partial charge on any atom is -0.352 e. The van der Waals surface area contributed by atoms with Gasteiger partial charge in [-0.25, -0.2) is 24.5 Å². The highest BCUT2D eigenvalue weighted by molar-refractivity contribution is 5.83. The molecule has 0 atom stereocenters. The van der Waals surface area contributed by atoms with Crippen LogP contribution in [0.4, 0.5) is 11.6 Å². The average Bonchev–Trinajstić information content (AvgIpc) is 3.22. The van der Waals surface area contributed by atoms with Crippen molar-refractivity contribution in [3.8, 4) is 0 Å². The van der Waals surface area contributed by atoms with E-state index in [1.807, 2.05) is 29.1 Å².